The van der Waals surface area contributed by atoms with Crippen molar-refractivity contribution in [1.82, 2.24) is 0 Å². The van der Waals surface area contributed by atoms with E-state index in [1.807, 2.05) is 66.4 Å². The summed E-state index contributed by atoms with van der Waals surface area (Å²) in [7, 11) is 0. The normalized spacial score (nSPS) is 17.3. The van der Waals surface area contributed by atoms with Crippen molar-refractivity contribution < 1.29 is 12.4 Å². The first kappa shape index (κ1) is 15.9. The van der Waals surface area contributed by atoms with Crippen molar-refractivity contribution in [2.45, 2.75) is 13.1 Å². The summed E-state index contributed by atoms with van der Waals surface area (Å²) in [5.74, 6) is 0.546. The molecule has 6 heteroatoms. The summed E-state index contributed by atoms with van der Waals surface area (Å²) in [6, 6.07) is 18.0. The third kappa shape index (κ3) is 3.04. The largest absolute Gasteiger partial charge is 1.00 e. The molecule has 0 amide bonds. The van der Waals surface area contributed by atoms with Crippen LogP contribution in [0.4, 0.5) is 5.69 Å². The summed E-state index contributed by atoms with van der Waals surface area (Å²) in [6.45, 7) is 2.04. The fraction of sp³-hybridized carbons (Fsp3) is 0.125. The second kappa shape index (κ2) is 6.49. The number of aliphatic imine (C=N–C) groups is 2. The highest BCUT2D eigenvalue weighted by Gasteiger charge is 2.27. The third-order valence-corrected chi connectivity index (χ3v) is 3.38. The van der Waals surface area contributed by atoms with Crippen molar-refractivity contribution in [1.29, 1.82) is 0 Å². The van der Waals surface area contributed by atoms with Crippen molar-refractivity contribution in [3.8, 4) is 0 Å². The molecule has 2 aromatic carbocycles. The van der Waals surface area contributed by atoms with E-state index < -0.39 is 0 Å². The maximum atomic E-state index is 6.08. The average molecular weight is 315 g/mol. The number of rotatable bonds is 2. The topological polar surface area (TPSA) is 80.0 Å². The second-order valence-corrected chi connectivity index (χ2v) is 4.95. The van der Waals surface area contributed by atoms with E-state index in [-0.39, 0.29) is 24.5 Å². The molecular formula is C16H17ClN5-. The first-order chi connectivity index (χ1) is 10.1. The lowest BCUT2D eigenvalue weighted by molar-refractivity contribution is -0.00000465. The van der Waals surface area contributed by atoms with Crippen LogP contribution >= 0.6 is 0 Å². The maximum Gasteiger partial charge on any atom is 0.221 e. The molecule has 114 valence electrons. The summed E-state index contributed by atoms with van der Waals surface area (Å²) in [5, 5.41) is 0. The predicted octanol–water partition coefficient (Wildman–Crippen LogP) is -0.853. The van der Waals surface area contributed by atoms with Gasteiger partial charge in [-0.3, -0.25) is 4.90 Å². The molecule has 3 rings (SSSR count). The van der Waals surface area contributed by atoms with Crippen LogP contribution in [0.3, 0.4) is 0 Å². The second-order valence-electron chi connectivity index (χ2n) is 4.95. The third-order valence-electron chi connectivity index (χ3n) is 3.38. The lowest BCUT2D eigenvalue weighted by Crippen LogP contribution is -3.00. The first-order valence-corrected chi connectivity index (χ1v) is 6.73. The minimum absolute atomic E-state index is 0. The first-order valence-electron chi connectivity index (χ1n) is 6.73. The van der Waals surface area contributed by atoms with E-state index in [9.17, 15) is 0 Å². The fourth-order valence-corrected chi connectivity index (χ4v) is 2.34. The molecule has 0 fully saturated rings. The highest BCUT2D eigenvalue weighted by molar-refractivity contribution is 6.04. The molecule has 5 nitrogen and oxygen atoms in total. The zero-order valence-corrected chi connectivity index (χ0v) is 12.9. The number of halogens is 1. The predicted molar refractivity (Wildman–Crippen MR) is 86.1 cm³/mol. The van der Waals surface area contributed by atoms with Crippen LogP contribution in [0.15, 0.2) is 64.6 Å². The van der Waals surface area contributed by atoms with Crippen molar-refractivity contribution in [2.24, 2.45) is 21.5 Å². The number of anilines is 1. The zero-order chi connectivity index (χ0) is 14.8. The van der Waals surface area contributed by atoms with E-state index in [0.29, 0.717) is 5.96 Å². The SMILES string of the molecule is Cc1ccc(N2C(N)=NC(N)=NC2c2ccccc2)cc1.[Cl-]. The molecule has 1 aliphatic heterocycles. The van der Waals surface area contributed by atoms with Gasteiger partial charge in [-0.2, -0.15) is 4.99 Å². The summed E-state index contributed by atoms with van der Waals surface area (Å²) in [6.07, 6.45) is -0.300. The highest BCUT2D eigenvalue weighted by atomic mass is 35.5. The Bertz CT molecular complexity index is 694. The van der Waals surface area contributed by atoms with Crippen molar-refractivity contribution in [3.05, 3.63) is 65.7 Å². The van der Waals surface area contributed by atoms with Gasteiger partial charge in [-0.25, -0.2) is 4.99 Å². The van der Waals surface area contributed by atoms with E-state index >= 15 is 0 Å². The standard InChI is InChI=1S/C16H17N5.ClH/c1-11-7-9-13(10-8-11)21-14(12-5-3-2-4-6-12)19-15(17)20-16(21)18;/h2-10,14H,1H3,(H4,17,18,19,20);1H/p-1. The summed E-state index contributed by atoms with van der Waals surface area (Å²) in [4.78, 5) is 10.4. The smallest absolute Gasteiger partial charge is 0.221 e. The molecule has 0 aromatic heterocycles. The van der Waals surface area contributed by atoms with Gasteiger partial charge in [0, 0.05) is 5.69 Å². The number of hydrogen-bond acceptors (Lipinski definition) is 5. The number of guanidine groups is 2. The van der Waals surface area contributed by atoms with Crippen molar-refractivity contribution in [2.75, 3.05) is 4.90 Å². The van der Waals surface area contributed by atoms with Crippen LogP contribution in [0.25, 0.3) is 0 Å². The molecule has 4 N–H and O–H groups in total. The van der Waals surface area contributed by atoms with E-state index in [4.69, 9.17) is 11.5 Å². The number of nitrogens with zero attached hydrogens (tertiary/aromatic N) is 3. The Morgan fingerprint density at radius 1 is 0.955 bits per heavy atom. The minimum Gasteiger partial charge on any atom is -1.00 e. The summed E-state index contributed by atoms with van der Waals surface area (Å²) in [5.41, 5.74) is 15.0. The molecule has 1 aliphatic rings. The van der Waals surface area contributed by atoms with Gasteiger partial charge in [0.2, 0.25) is 11.9 Å². The average Bonchev–Trinajstić information content (AvgIpc) is 2.49. The Labute approximate surface area is 135 Å². The monoisotopic (exact) mass is 314 g/mol. The van der Waals surface area contributed by atoms with Gasteiger partial charge in [-0.15, -0.1) is 0 Å². The van der Waals surface area contributed by atoms with E-state index in [2.05, 4.69) is 9.98 Å². The van der Waals surface area contributed by atoms with Gasteiger partial charge in [0.1, 0.15) is 0 Å². The molecule has 0 saturated heterocycles. The maximum absolute atomic E-state index is 6.08. The summed E-state index contributed by atoms with van der Waals surface area (Å²) < 4.78 is 0. The number of nitrogens with two attached hydrogens (primary N) is 2. The van der Waals surface area contributed by atoms with Crippen LogP contribution < -0.4 is 28.8 Å². The van der Waals surface area contributed by atoms with Crippen LogP contribution in [0.1, 0.15) is 17.3 Å². The highest BCUT2D eigenvalue weighted by Crippen LogP contribution is 2.30. The summed E-state index contributed by atoms with van der Waals surface area (Å²) >= 11 is 0. The molecule has 1 unspecified atom stereocenters. The van der Waals surface area contributed by atoms with Crippen LogP contribution in [-0.2, 0) is 0 Å². The molecule has 1 heterocycles. The lowest BCUT2D eigenvalue weighted by Gasteiger charge is -2.32. The zero-order valence-electron chi connectivity index (χ0n) is 12.1. The number of benzene rings is 2. The minimum atomic E-state index is -0.300. The molecule has 0 spiro atoms. The number of hydrogen-bond donors (Lipinski definition) is 2. The van der Waals surface area contributed by atoms with Gasteiger partial charge in [0.25, 0.3) is 0 Å². The van der Waals surface area contributed by atoms with E-state index in [1.54, 1.807) is 0 Å². The molecule has 0 radical (unpaired) electrons. The van der Waals surface area contributed by atoms with Crippen LogP contribution in [0.2, 0.25) is 0 Å². The van der Waals surface area contributed by atoms with E-state index in [1.165, 1.54) is 5.56 Å². The lowest BCUT2D eigenvalue weighted by atomic mass is 10.1. The van der Waals surface area contributed by atoms with Gasteiger partial charge < -0.3 is 23.9 Å². The molecule has 2 aromatic rings. The van der Waals surface area contributed by atoms with Gasteiger partial charge in [0.05, 0.1) is 0 Å². The Balaban J connectivity index is 0.00000176. The fourth-order valence-electron chi connectivity index (χ4n) is 2.34. The van der Waals surface area contributed by atoms with Crippen LogP contribution in [0, 0.1) is 6.92 Å². The van der Waals surface area contributed by atoms with Crippen molar-refractivity contribution in [3.63, 3.8) is 0 Å². The molecular weight excluding hydrogens is 298 g/mol. The quantitative estimate of drug-likeness (QED) is 0.757. The molecule has 22 heavy (non-hydrogen) atoms. The molecule has 0 aliphatic carbocycles. The van der Waals surface area contributed by atoms with Gasteiger partial charge in [-0.1, -0.05) is 48.0 Å². The molecule has 0 bridgehead atoms. The Morgan fingerprint density at radius 2 is 1.59 bits per heavy atom. The van der Waals surface area contributed by atoms with Gasteiger partial charge in [-0.05, 0) is 24.6 Å². The van der Waals surface area contributed by atoms with Gasteiger partial charge in [0.15, 0.2) is 6.17 Å². The number of aryl methyl sites for hydroxylation is 1. The molecule has 1 atom stereocenters. The van der Waals surface area contributed by atoms with Crippen molar-refractivity contribution >= 4 is 17.6 Å². The Hall–Kier alpha value is -2.53. The van der Waals surface area contributed by atoms with E-state index in [0.717, 1.165) is 11.3 Å². The Kier molecular flexibility index (Phi) is 4.68. The molecule has 0 saturated carbocycles. The van der Waals surface area contributed by atoms with Crippen LogP contribution in [0.5, 0.6) is 0 Å². The Morgan fingerprint density at radius 3 is 2.23 bits per heavy atom. The van der Waals surface area contributed by atoms with Crippen LogP contribution in [-0.4, -0.2) is 11.9 Å². The van der Waals surface area contributed by atoms with Gasteiger partial charge >= 0.3 is 0 Å².